The fourth-order valence-corrected chi connectivity index (χ4v) is 4.22. The second-order valence-electron chi connectivity index (χ2n) is 7.70. The van der Waals surface area contributed by atoms with Gasteiger partial charge in [-0.2, -0.15) is 0 Å². The van der Waals surface area contributed by atoms with Crippen LogP contribution in [0.25, 0.3) is 0 Å². The number of piperazine rings is 1. The van der Waals surface area contributed by atoms with Gasteiger partial charge < -0.3 is 18.9 Å². The van der Waals surface area contributed by atoms with Crippen LogP contribution in [0.2, 0.25) is 0 Å². The molecule has 168 valence electrons. The monoisotopic (exact) mass is 499 g/mol. The molecule has 0 spiro atoms. The van der Waals surface area contributed by atoms with Crippen LogP contribution in [0.1, 0.15) is 27.4 Å². The Balaban J connectivity index is 1.38. The minimum Gasteiger partial charge on any atom is -0.493 e. The highest BCUT2D eigenvalue weighted by Crippen LogP contribution is 2.28. The molecule has 1 amide bonds. The molecular weight excluding hydrogens is 474 g/mol. The highest BCUT2D eigenvalue weighted by atomic mass is 79.9. The summed E-state index contributed by atoms with van der Waals surface area (Å²) in [5.74, 6) is 1.70. The number of amides is 1. The van der Waals surface area contributed by atoms with Gasteiger partial charge in [-0.05, 0) is 36.8 Å². The second kappa shape index (κ2) is 10.2. The number of rotatable bonds is 7. The van der Waals surface area contributed by atoms with E-state index in [1.807, 2.05) is 41.3 Å². The van der Waals surface area contributed by atoms with E-state index < -0.39 is 0 Å². The Morgan fingerprint density at radius 2 is 1.84 bits per heavy atom. The van der Waals surface area contributed by atoms with Crippen molar-refractivity contribution in [2.75, 3.05) is 33.3 Å². The van der Waals surface area contributed by atoms with Crippen LogP contribution in [-0.4, -0.2) is 54.2 Å². The van der Waals surface area contributed by atoms with Crippen LogP contribution in [0.15, 0.2) is 57.5 Å². The van der Waals surface area contributed by atoms with E-state index in [0.29, 0.717) is 41.6 Å². The number of nitrogens with zero attached hydrogens (tertiary/aromatic N) is 3. The number of hydrogen-bond donors (Lipinski definition) is 0. The van der Waals surface area contributed by atoms with Crippen molar-refractivity contribution in [2.24, 2.45) is 0 Å². The van der Waals surface area contributed by atoms with Crippen LogP contribution in [0, 0.1) is 6.92 Å². The van der Waals surface area contributed by atoms with Crippen molar-refractivity contribution in [3.8, 4) is 11.5 Å². The maximum atomic E-state index is 13.2. The summed E-state index contributed by atoms with van der Waals surface area (Å²) in [7, 11) is 1.60. The van der Waals surface area contributed by atoms with Crippen molar-refractivity contribution in [3.05, 3.63) is 75.6 Å². The van der Waals surface area contributed by atoms with Gasteiger partial charge >= 0.3 is 0 Å². The first-order valence-electron chi connectivity index (χ1n) is 10.5. The van der Waals surface area contributed by atoms with E-state index in [-0.39, 0.29) is 12.5 Å². The van der Waals surface area contributed by atoms with Gasteiger partial charge in [0.05, 0.1) is 12.7 Å². The molecule has 1 fully saturated rings. The molecule has 0 unspecified atom stereocenters. The molecule has 0 atom stereocenters. The molecule has 0 radical (unpaired) electrons. The normalized spacial score (nSPS) is 14.4. The number of benzene rings is 2. The van der Waals surface area contributed by atoms with Crippen molar-refractivity contribution in [3.63, 3.8) is 0 Å². The molecule has 0 N–H and O–H groups in total. The molecule has 4 rings (SSSR count). The van der Waals surface area contributed by atoms with Crippen LogP contribution >= 0.6 is 15.9 Å². The number of hydrogen-bond acceptors (Lipinski definition) is 6. The molecule has 2 aromatic carbocycles. The van der Waals surface area contributed by atoms with Crippen molar-refractivity contribution in [2.45, 2.75) is 20.1 Å². The first-order valence-corrected chi connectivity index (χ1v) is 11.3. The minimum absolute atomic E-state index is 0.123. The van der Waals surface area contributed by atoms with Crippen LogP contribution < -0.4 is 9.47 Å². The maximum absolute atomic E-state index is 13.2. The van der Waals surface area contributed by atoms with Crippen LogP contribution in [0.4, 0.5) is 0 Å². The van der Waals surface area contributed by atoms with E-state index in [9.17, 15) is 4.79 Å². The molecule has 1 aliphatic heterocycles. The van der Waals surface area contributed by atoms with Gasteiger partial charge in [-0.1, -0.05) is 45.4 Å². The third-order valence-corrected chi connectivity index (χ3v) is 6.08. The standard InChI is InChI=1S/C24H26BrN3O4/c1-17-20(16-31-22-9-4-3-8-21(22)30-2)23(26-32-17)24(29)28-12-10-27(11-13-28)15-18-6-5-7-19(25)14-18/h3-9,14H,10-13,15-16H2,1-2H3. The zero-order chi connectivity index (χ0) is 22.5. The topological polar surface area (TPSA) is 68.0 Å². The molecule has 1 aromatic heterocycles. The van der Waals surface area contributed by atoms with Gasteiger partial charge in [-0.3, -0.25) is 9.69 Å². The number of aromatic nitrogens is 1. The van der Waals surface area contributed by atoms with Gasteiger partial charge in [-0.15, -0.1) is 0 Å². The molecule has 3 aromatic rings. The van der Waals surface area contributed by atoms with Gasteiger partial charge in [-0.25, -0.2) is 0 Å². The average molecular weight is 500 g/mol. The molecule has 0 aliphatic carbocycles. The summed E-state index contributed by atoms with van der Waals surface area (Å²) in [6.45, 7) is 5.74. The summed E-state index contributed by atoms with van der Waals surface area (Å²) in [6.07, 6.45) is 0. The molecule has 0 bridgehead atoms. The maximum Gasteiger partial charge on any atom is 0.276 e. The van der Waals surface area contributed by atoms with E-state index in [1.165, 1.54) is 5.56 Å². The third-order valence-electron chi connectivity index (χ3n) is 5.58. The van der Waals surface area contributed by atoms with Gasteiger partial charge in [0, 0.05) is 37.2 Å². The lowest BCUT2D eigenvalue weighted by molar-refractivity contribution is 0.0616. The Morgan fingerprint density at radius 1 is 1.09 bits per heavy atom. The van der Waals surface area contributed by atoms with E-state index >= 15 is 0 Å². The molecule has 0 saturated carbocycles. The number of methoxy groups -OCH3 is 1. The summed E-state index contributed by atoms with van der Waals surface area (Å²) < 4.78 is 17.7. The summed E-state index contributed by atoms with van der Waals surface area (Å²) in [4.78, 5) is 17.4. The number of carbonyl (C=O) groups excluding carboxylic acids is 1. The Hall–Kier alpha value is -2.84. The summed E-state index contributed by atoms with van der Waals surface area (Å²) in [6, 6.07) is 15.7. The lowest BCUT2D eigenvalue weighted by Crippen LogP contribution is -2.48. The molecule has 2 heterocycles. The smallest absolute Gasteiger partial charge is 0.276 e. The van der Waals surface area contributed by atoms with Gasteiger partial charge in [0.1, 0.15) is 12.4 Å². The van der Waals surface area contributed by atoms with Gasteiger partial charge in [0.2, 0.25) is 0 Å². The number of aryl methyl sites for hydroxylation is 1. The predicted octanol–water partition coefficient (Wildman–Crippen LogP) is 4.29. The Labute approximate surface area is 196 Å². The third kappa shape index (κ3) is 5.14. The highest BCUT2D eigenvalue weighted by Gasteiger charge is 2.28. The van der Waals surface area contributed by atoms with Crippen molar-refractivity contribution in [1.29, 1.82) is 0 Å². The number of halogens is 1. The first kappa shape index (κ1) is 22.4. The molecule has 32 heavy (non-hydrogen) atoms. The largest absolute Gasteiger partial charge is 0.493 e. The molecule has 7 nitrogen and oxygen atoms in total. The molecular formula is C24H26BrN3O4. The highest BCUT2D eigenvalue weighted by molar-refractivity contribution is 9.10. The minimum atomic E-state index is -0.123. The summed E-state index contributed by atoms with van der Waals surface area (Å²) in [5.41, 5.74) is 2.23. The quantitative estimate of drug-likeness (QED) is 0.482. The van der Waals surface area contributed by atoms with E-state index in [1.54, 1.807) is 14.0 Å². The molecule has 1 saturated heterocycles. The van der Waals surface area contributed by atoms with Crippen molar-refractivity contribution >= 4 is 21.8 Å². The SMILES string of the molecule is COc1ccccc1OCc1c(C(=O)N2CCN(Cc3cccc(Br)c3)CC2)noc1C. The van der Waals surface area contributed by atoms with Crippen LogP contribution in [0.5, 0.6) is 11.5 Å². The fraction of sp³-hybridized carbons (Fsp3) is 0.333. The predicted molar refractivity (Wildman–Crippen MR) is 124 cm³/mol. The Bertz CT molecular complexity index is 1080. The summed E-state index contributed by atoms with van der Waals surface area (Å²) >= 11 is 3.52. The van der Waals surface area contributed by atoms with Gasteiger partial charge in [0.15, 0.2) is 17.2 Å². The molecule has 1 aliphatic rings. The lowest BCUT2D eigenvalue weighted by Gasteiger charge is -2.34. The van der Waals surface area contributed by atoms with Crippen molar-refractivity contribution < 1.29 is 18.8 Å². The van der Waals surface area contributed by atoms with Crippen LogP contribution in [-0.2, 0) is 13.2 Å². The fourth-order valence-electron chi connectivity index (χ4n) is 3.77. The lowest BCUT2D eigenvalue weighted by atomic mass is 10.1. The van der Waals surface area contributed by atoms with E-state index in [0.717, 1.165) is 24.1 Å². The number of para-hydroxylation sites is 2. The first-order chi connectivity index (χ1) is 15.5. The second-order valence-corrected chi connectivity index (χ2v) is 8.62. The zero-order valence-corrected chi connectivity index (χ0v) is 19.8. The zero-order valence-electron chi connectivity index (χ0n) is 18.2. The average Bonchev–Trinajstić information content (AvgIpc) is 3.18. The summed E-state index contributed by atoms with van der Waals surface area (Å²) in [5, 5.41) is 4.05. The van der Waals surface area contributed by atoms with Crippen molar-refractivity contribution in [1.82, 2.24) is 15.0 Å². The number of carbonyl (C=O) groups is 1. The van der Waals surface area contributed by atoms with Gasteiger partial charge in [0.25, 0.3) is 5.91 Å². The van der Waals surface area contributed by atoms with Crippen LogP contribution in [0.3, 0.4) is 0 Å². The number of ether oxygens (including phenoxy) is 2. The Kier molecular flexibility index (Phi) is 7.12. The van der Waals surface area contributed by atoms with E-state index in [2.05, 4.69) is 38.1 Å². The molecule has 8 heteroatoms. The van der Waals surface area contributed by atoms with E-state index in [4.69, 9.17) is 14.0 Å². The Morgan fingerprint density at radius 3 is 2.56 bits per heavy atom.